The first kappa shape index (κ1) is 10.8. The SMILES string of the molecule is C[n+]1c[nH]c(-c2ccccc2)c1-c1ccccc1. The van der Waals surface area contributed by atoms with Crippen molar-refractivity contribution in [2.24, 2.45) is 7.05 Å². The molecule has 2 nitrogen and oxygen atoms in total. The second kappa shape index (κ2) is 4.49. The highest BCUT2D eigenvalue weighted by molar-refractivity contribution is 5.75. The molecule has 0 amide bonds. The summed E-state index contributed by atoms with van der Waals surface area (Å²) in [6.45, 7) is 0. The average Bonchev–Trinajstić information content (AvgIpc) is 2.83. The lowest BCUT2D eigenvalue weighted by Gasteiger charge is -2.01. The topological polar surface area (TPSA) is 19.7 Å². The zero-order valence-electron chi connectivity index (χ0n) is 10.3. The Bertz CT molecular complexity index is 639. The van der Waals surface area contributed by atoms with Crippen LogP contribution in [0.3, 0.4) is 0 Å². The number of aryl methyl sites for hydroxylation is 1. The zero-order chi connectivity index (χ0) is 12.4. The summed E-state index contributed by atoms with van der Waals surface area (Å²) in [6, 6.07) is 20.8. The van der Waals surface area contributed by atoms with Gasteiger partial charge in [0.05, 0.1) is 7.05 Å². The molecule has 1 aromatic heterocycles. The Labute approximate surface area is 107 Å². The summed E-state index contributed by atoms with van der Waals surface area (Å²) < 4.78 is 2.12. The highest BCUT2D eigenvalue weighted by atomic mass is 15.0. The van der Waals surface area contributed by atoms with Crippen molar-refractivity contribution < 1.29 is 4.57 Å². The zero-order valence-corrected chi connectivity index (χ0v) is 10.3. The maximum Gasteiger partial charge on any atom is 0.242 e. The van der Waals surface area contributed by atoms with Crippen molar-refractivity contribution in [3.05, 3.63) is 67.0 Å². The Hall–Kier alpha value is -2.35. The monoisotopic (exact) mass is 235 g/mol. The molecule has 0 aliphatic rings. The van der Waals surface area contributed by atoms with E-state index in [9.17, 15) is 0 Å². The van der Waals surface area contributed by atoms with Gasteiger partial charge in [0.15, 0.2) is 11.4 Å². The normalized spacial score (nSPS) is 10.5. The van der Waals surface area contributed by atoms with E-state index in [1.165, 1.54) is 16.8 Å². The molecule has 0 fully saturated rings. The van der Waals surface area contributed by atoms with Crippen molar-refractivity contribution in [3.63, 3.8) is 0 Å². The summed E-state index contributed by atoms with van der Waals surface area (Å²) in [5.74, 6) is 0. The van der Waals surface area contributed by atoms with Crippen LogP contribution >= 0.6 is 0 Å². The fourth-order valence-electron chi connectivity index (χ4n) is 2.24. The van der Waals surface area contributed by atoms with Crippen LogP contribution in [0, 0.1) is 0 Å². The van der Waals surface area contributed by atoms with Crippen LogP contribution in [-0.2, 0) is 7.05 Å². The first-order chi connectivity index (χ1) is 8.86. The van der Waals surface area contributed by atoms with E-state index >= 15 is 0 Å². The van der Waals surface area contributed by atoms with Crippen LogP contribution < -0.4 is 4.57 Å². The van der Waals surface area contributed by atoms with Crippen LogP contribution in [0.5, 0.6) is 0 Å². The second-order valence-corrected chi connectivity index (χ2v) is 4.34. The average molecular weight is 235 g/mol. The van der Waals surface area contributed by atoms with Gasteiger partial charge in [-0.3, -0.25) is 0 Å². The molecule has 0 radical (unpaired) electrons. The molecule has 1 heterocycles. The second-order valence-electron chi connectivity index (χ2n) is 4.34. The number of nitrogens with zero attached hydrogens (tertiary/aromatic N) is 1. The lowest BCUT2D eigenvalue weighted by molar-refractivity contribution is -0.659. The lowest BCUT2D eigenvalue weighted by atomic mass is 10.1. The quantitative estimate of drug-likeness (QED) is 0.658. The van der Waals surface area contributed by atoms with Gasteiger partial charge >= 0.3 is 0 Å². The maximum absolute atomic E-state index is 3.35. The number of aromatic nitrogens is 2. The summed E-state index contributed by atoms with van der Waals surface area (Å²) in [5.41, 5.74) is 4.79. The molecule has 0 atom stereocenters. The number of aromatic amines is 1. The van der Waals surface area contributed by atoms with Crippen molar-refractivity contribution in [3.8, 4) is 22.5 Å². The van der Waals surface area contributed by atoms with Crippen molar-refractivity contribution in [1.82, 2.24) is 4.98 Å². The maximum atomic E-state index is 3.35. The molecule has 0 aliphatic heterocycles. The van der Waals surface area contributed by atoms with Gasteiger partial charge in [0.2, 0.25) is 6.33 Å². The molecule has 3 aromatic rings. The first-order valence-electron chi connectivity index (χ1n) is 6.04. The smallest absolute Gasteiger partial charge is 0.242 e. The van der Waals surface area contributed by atoms with E-state index in [1.54, 1.807) is 0 Å². The molecule has 0 unspecified atom stereocenters. The number of H-pyrrole nitrogens is 1. The molecule has 0 aliphatic carbocycles. The van der Waals surface area contributed by atoms with Crippen LogP contribution in [0.15, 0.2) is 67.0 Å². The minimum absolute atomic E-state index is 1.16. The minimum atomic E-state index is 1.16. The Morgan fingerprint density at radius 2 is 1.33 bits per heavy atom. The summed E-state index contributed by atoms with van der Waals surface area (Å²) in [7, 11) is 2.06. The minimum Gasteiger partial charge on any atom is -0.243 e. The molecule has 2 aromatic carbocycles. The Kier molecular flexibility index (Phi) is 2.69. The predicted molar refractivity (Wildman–Crippen MR) is 72.8 cm³/mol. The standard InChI is InChI=1S/C16H14N2/c1-18-12-17-15(13-8-4-2-5-9-13)16(18)14-10-6-3-7-11-14/h2-12H,1H3/p+1. The summed E-state index contributed by atoms with van der Waals surface area (Å²) in [6.07, 6.45) is 1.99. The summed E-state index contributed by atoms with van der Waals surface area (Å²) in [5, 5.41) is 0. The molecule has 0 spiro atoms. The van der Waals surface area contributed by atoms with Gasteiger partial charge in [0, 0.05) is 11.1 Å². The lowest BCUT2D eigenvalue weighted by Crippen LogP contribution is -2.27. The van der Waals surface area contributed by atoms with E-state index in [0.29, 0.717) is 0 Å². The summed E-state index contributed by atoms with van der Waals surface area (Å²) in [4.78, 5) is 3.35. The van der Waals surface area contributed by atoms with Crippen molar-refractivity contribution >= 4 is 0 Å². The van der Waals surface area contributed by atoms with Crippen LogP contribution in [-0.4, -0.2) is 4.98 Å². The molecule has 0 saturated carbocycles. The van der Waals surface area contributed by atoms with E-state index in [1.807, 2.05) is 18.5 Å². The molecular formula is C16H15N2+. The highest BCUT2D eigenvalue weighted by Crippen LogP contribution is 2.27. The fraction of sp³-hybridized carbons (Fsp3) is 0.0625. The van der Waals surface area contributed by atoms with Crippen LogP contribution in [0.4, 0.5) is 0 Å². The Morgan fingerprint density at radius 1 is 0.778 bits per heavy atom. The largest absolute Gasteiger partial charge is 0.243 e. The van der Waals surface area contributed by atoms with E-state index in [0.717, 1.165) is 5.69 Å². The van der Waals surface area contributed by atoms with Crippen molar-refractivity contribution in [1.29, 1.82) is 0 Å². The molecule has 3 rings (SSSR count). The van der Waals surface area contributed by atoms with Gasteiger partial charge in [0.25, 0.3) is 0 Å². The van der Waals surface area contributed by atoms with E-state index in [-0.39, 0.29) is 0 Å². The van der Waals surface area contributed by atoms with Gasteiger partial charge in [-0.15, -0.1) is 0 Å². The molecular weight excluding hydrogens is 220 g/mol. The number of imidazole rings is 1. The Balaban J connectivity index is 2.19. The van der Waals surface area contributed by atoms with Gasteiger partial charge in [-0.05, 0) is 0 Å². The molecule has 1 N–H and O–H groups in total. The van der Waals surface area contributed by atoms with E-state index in [4.69, 9.17) is 0 Å². The predicted octanol–water partition coefficient (Wildman–Crippen LogP) is 3.17. The third kappa shape index (κ3) is 1.82. The number of hydrogen-bond acceptors (Lipinski definition) is 0. The van der Waals surface area contributed by atoms with Crippen LogP contribution in [0.1, 0.15) is 0 Å². The van der Waals surface area contributed by atoms with Gasteiger partial charge in [-0.2, -0.15) is 0 Å². The van der Waals surface area contributed by atoms with Gasteiger partial charge in [0.1, 0.15) is 0 Å². The highest BCUT2D eigenvalue weighted by Gasteiger charge is 2.18. The molecule has 2 heteroatoms. The number of hydrogen-bond donors (Lipinski definition) is 1. The van der Waals surface area contributed by atoms with Crippen LogP contribution in [0.25, 0.3) is 22.5 Å². The number of nitrogens with one attached hydrogen (secondary N) is 1. The first-order valence-corrected chi connectivity index (χ1v) is 6.04. The molecule has 0 saturated heterocycles. The van der Waals surface area contributed by atoms with Gasteiger partial charge in [-0.1, -0.05) is 60.7 Å². The van der Waals surface area contributed by atoms with Crippen LogP contribution in [0.2, 0.25) is 0 Å². The number of rotatable bonds is 2. The summed E-state index contributed by atoms with van der Waals surface area (Å²) >= 11 is 0. The van der Waals surface area contributed by atoms with E-state index in [2.05, 4.69) is 65.1 Å². The number of benzene rings is 2. The molecule has 88 valence electrons. The van der Waals surface area contributed by atoms with Gasteiger partial charge in [-0.25, -0.2) is 9.55 Å². The van der Waals surface area contributed by atoms with Crippen molar-refractivity contribution in [2.75, 3.05) is 0 Å². The Morgan fingerprint density at radius 3 is 1.94 bits per heavy atom. The third-order valence-corrected chi connectivity index (χ3v) is 3.10. The van der Waals surface area contributed by atoms with Gasteiger partial charge < -0.3 is 0 Å². The third-order valence-electron chi connectivity index (χ3n) is 3.10. The fourth-order valence-corrected chi connectivity index (χ4v) is 2.24. The van der Waals surface area contributed by atoms with Crippen molar-refractivity contribution in [2.45, 2.75) is 0 Å². The molecule has 0 bridgehead atoms. The molecule has 18 heavy (non-hydrogen) atoms. The van der Waals surface area contributed by atoms with E-state index < -0.39 is 0 Å².